The van der Waals surface area contributed by atoms with E-state index in [0.29, 0.717) is 23.3 Å². The highest BCUT2D eigenvalue weighted by molar-refractivity contribution is 6.17. The van der Waals surface area contributed by atoms with Crippen LogP contribution in [0.5, 0.6) is 11.5 Å². The van der Waals surface area contributed by atoms with Crippen LogP contribution in [0.2, 0.25) is 0 Å². The second-order valence-corrected chi connectivity index (χ2v) is 8.32. The summed E-state index contributed by atoms with van der Waals surface area (Å²) in [5.41, 5.74) is 1.18. The van der Waals surface area contributed by atoms with Crippen molar-refractivity contribution >= 4 is 17.6 Å². The van der Waals surface area contributed by atoms with Crippen molar-refractivity contribution in [2.24, 2.45) is 16.7 Å². The number of methoxy groups -OCH3 is 1. The Labute approximate surface area is 172 Å². The third-order valence-corrected chi connectivity index (χ3v) is 7.01. The molecule has 0 amide bonds. The van der Waals surface area contributed by atoms with Crippen LogP contribution in [-0.4, -0.2) is 23.8 Å². The lowest BCUT2D eigenvalue weighted by Gasteiger charge is -2.53. The molecule has 2 aliphatic rings. The molecule has 0 saturated carbocycles. The van der Waals surface area contributed by atoms with Gasteiger partial charge in [-0.25, -0.2) is 0 Å². The fourth-order valence-electron chi connectivity index (χ4n) is 4.72. The van der Waals surface area contributed by atoms with E-state index in [1.54, 1.807) is 38.1 Å². The normalized spacial score (nSPS) is 29.7. The van der Waals surface area contributed by atoms with Crippen LogP contribution in [0.3, 0.4) is 0 Å². The highest BCUT2D eigenvalue weighted by Crippen LogP contribution is 2.59. The molecular weight excluding hydrogens is 364 g/mol. The van der Waals surface area contributed by atoms with Crippen molar-refractivity contribution in [3.05, 3.63) is 65.3 Å². The minimum absolute atomic E-state index is 0.0162. The summed E-state index contributed by atoms with van der Waals surface area (Å²) in [6, 6.07) is 5.08. The zero-order chi connectivity index (χ0) is 21.6. The number of fused-ring (bicyclic) bond motifs is 1. The summed E-state index contributed by atoms with van der Waals surface area (Å²) in [4.78, 5) is 26.8. The van der Waals surface area contributed by atoms with Gasteiger partial charge in [-0.2, -0.15) is 0 Å². The molecule has 1 aromatic rings. The fourth-order valence-corrected chi connectivity index (χ4v) is 4.72. The van der Waals surface area contributed by atoms with E-state index in [1.165, 1.54) is 7.11 Å². The van der Waals surface area contributed by atoms with E-state index in [2.05, 4.69) is 6.58 Å². The molecule has 4 heteroatoms. The van der Waals surface area contributed by atoms with E-state index in [4.69, 9.17) is 4.74 Å². The Bertz CT molecular complexity index is 994. The Balaban J connectivity index is 2.14. The van der Waals surface area contributed by atoms with E-state index >= 15 is 0 Å². The van der Waals surface area contributed by atoms with Gasteiger partial charge in [0.1, 0.15) is 0 Å². The number of ketones is 2. The van der Waals surface area contributed by atoms with Crippen molar-refractivity contribution in [2.45, 2.75) is 34.1 Å². The number of rotatable bonds is 4. The third-order valence-electron chi connectivity index (χ3n) is 7.01. The number of ether oxygens (including phenoxy) is 1. The molecule has 0 aromatic heterocycles. The number of hydrogen-bond acceptors (Lipinski definition) is 4. The van der Waals surface area contributed by atoms with Gasteiger partial charge in [-0.3, -0.25) is 9.59 Å². The zero-order valence-electron chi connectivity index (χ0n) is 17.7. The summed E-state index contributed by atoms with van der Waals surface area (Å²) in [5.74, 6) is 0.212. The second kappa shape index (κ2) is 7.18. The second-order valence-electron chi connectivity index (χ2n) is 8.32. The number of allylic oxidation sites excluding steroid dienone is 6. The lowest BCUT2D eigenvalue weighted by molar-refractivity contribution is -0.148. The molecule has 0 radical (unpaired) electrons. The highest BCUT2D eigenvalue weighted by Gasteiger charge is 2.62. The van der Waals surface area contributed by atoms with Gasteiger partial charge in [-0.1, -0.05) is 50.8 Å². The summed E-state index contributed by atoms with van der Waals surface area (Å²) in [5, 5.41) is 9.82. The Morgan fingerprint density at radius 1 is 1.17 bits per heavy atom. The molecule has 4 nitrogen and oxygen atoms in total. The Kier molecular flexibility index (Phi) is 5.16. The van der Waals surface area contributed by atoms with Crippen molar-refractivity contribution < 1.29 is 19.4 Å². The molecule has 0 saturated heterocycles. The van der Waals surface area contributed by atoms with Gasteiger partial charge in [0.25, 0.3) is 0 Å². The van der Waals surface area contributed by atoms with Crippen molar-refractivity contribution in [1.82, 2.24) is 0 Å². The Morgan fingerprint density at radius 3 is 2.45 bits per heavy atom. The van der Waals surface area contributed by atoms with Crippen LogP contribution >= 0.6 is 0 Å². The third kappa shape index (κ3) is 2.89. The Hall–Kier alpha value is -2.88. The largest absolute Gasteiger partial charge is 0.504 e. The number of aromatic hydroxyl groups is 1. The maximum absolute atomic E-state index is 13.5. The standard InChI is InChI=1S/C25H28O4/c1-7-18-12-13-24(4)22(27)15(2)16(3)23(28)25(24,5)19(18)10-8-17-9-11-20(26)21(14-17)29-6/h7-12,14,19,26H,1,13H2,2-6H3. The molecular formula is C25H28O4. The predicted molar refractivity (Wildman–Crippen MR) is 115 cm³/mol. The van der Waals surface area contributed by atoms with E-state index in [0.717, 1.165) is 11.1 Å². The maximum Gasteiger partial charge on any atom is 0.166 e. The minimum atomic E-state index is -0.899. The quantitative estimate of drug-likeness (QED) is 0.779. The summed E-state index contributed by atoms with van der Waals surface area (Å²) < 4.78 is 5.18. The molecule has 0 fully saturated rings. The van der Waals surface area contributed by atoms with Gasteiger partial charge < -0.3 is 9.84 Å². The van der Waals surface area contributed by atoms with Crippen LogP contribution in [0.4, 0.5) is 0 Å². The Morgan fingerprint density at radius 2 is 1.83 bits per heavy atom. The molecule has 3 unspecified atom stereocenters. The average Bonchev–Trinajstić information content (AvgIpc) is 2.72. The first-order valence-electron chi connectivity index (χ1n) is 9.76. The van der Waals surface area contributed by atoms with Crippen LogP contribution in [0.1, 0.15) is 39.7 Å². The first kappa shape index (κ1) is 20.8. The molecule has 0 spiro atoms. The van der Waals surface area contributed by atoms with E-state index in [9.17, 15) is 14.7 Å². The summed E-state index contributed by atoms with van der Waals surface area (Å²) in [6.07, 6.45) is 8.18. The molecule has 2 aliphatic carbocycles. The van der Waals surface area contributed by atoms with Gasteiger partial charge >= 0.3 is 0 Å². The van der Waals surface area contributed by atoms with Gasteiger partial charge in [0.2, 0.25) is 0 Å². The molecule has 1 aromatic carbocycles. The summed E-state index contributed by atoms with van der Waals surface area (Å²) in [7, 11) is 1.50. The van der Waals surface area contributed by atoms with E-state index in [-0.39, 0.29) is 23.2 Å². The SMILES string of the molecule is C=CC1=CCC2(C)C(=O)C(C)=C(C)C(=O)C2(C)C1C=Cc1ccc(O)c(OC)c1. The minimum Gasteiger partial charge on any atom is -0.504 e. The summed E-state index contributed by atoms with van der Waals surface area (Å²) in [6.45, 7) is 11.2. The van der Waals surface area contributed by atoms with Gasteiger partial charge in [-0.05, 0) is 54.7 Å². The zero-order valence-corrected chi connectivity index (χ0v) is 17.7. The molecule has 29 heavy (non-hydrogen) atoms. The number of Topliss-reactive ketones (excluding diaryl/α,β-unsaturated/α-hetero) is 2. The molecule has 152 valence electrons. The molecule has 3 rings (SSSR count). The predicted octanol–water partition coefficient (Wildman–Crippen LogP) is 5.05. The topological polar surface area (TPSA) is 63.6 Å². The van der Waals surface area contributed by atoms with Crippen LogP contribution in [0.25, 0.3) is 6.08 Å². The van der Waals surface area contributed by atoms with Crippen molar-refractivity contribution in [1.29, 1.82) is 0 Å². The van der Waals surface area contributed by atoms with E-state index < -0.39 is 10.8 Å². The molecule has 3 atom stereocenters. The number of carbonyl (C=O) groups is 2. The number of benzene rings is 1. The van der Waals surface area contributed by atoms with Crippen molar-refractivity contribution in [3.63, 3.8) is 0 Å². The lowest BCUT2D eigenvalue weighted by Crippen LogP contribution is -2.58. The van der Waals surface area contributed by atoms with Gasteiger partial charge in [0, 0.05) is 11.3 Å². The smallest absolute Gasteiger partial charge is 0.166 e. The average molecular weight is 392 g/mol. The monoisotopic (exact) mass is 392 g/mol. The van der Waals surface area contributed by atoms with Crippen LogP contribution < -0.4 is 4.74 Å². The number of hydrogen-bond donors (Lipinski definition) is 1. The van der Waals surface area contributed by atoms with Gasteiger partial charge in [-0.15, -0.1) is 0 Å². The first-order valence-corrected chi connectivity index (χ1v) is 9.76. The maximum atomic E-state index is 13.5. The molecule has 1 N–H and O–H groups in total. The number of phenols is 1. The van der Waals surface area contributed by atoms with Gasteiger partial charge in [0.15, 0.2) is 23.1 Å². The van der Waals surface area contributed by atoms with Crippen LogP contribution in [0.15, 0.2) is 59.7 Å². The number of phenolic OH excluding ortho intramolecular Hbond substituents is 1. The van der Waals surface area contributed by atoms with Crippen LogP contribution in [-0.2, 0) is 9.59 Å². The molecule has 0 aliphatic heterocycles. The van der Waals surface area contributed by atoms with Crippen molar-refractivity contribution in [2.75, 3.05) is 7.11 Å². The van der Waals surface area contributed by atoms with Crippen LogP contribution in [0, 0.1) is 16.7 Å². The van der Waals surface area contributed by atoms with E-state index in [1.807, 2.05) is 32.1 Å². The number of carbonyl (C=O) groups excluding carboxylic acids is 2. The molecule has 0 heterocycles. The lowest BCUT2D eigenvalue weighted by atomic mass is 9.46. The fraction of sp³-hybridized carbons (Fsp3) is 0.360. The summed E-state index contributed by atoms with van der Waals surface area (Å²) >= 11 is 0. The first-order chi connectivity index (χ1) is 13.6. The van der Waals surface area contributed by atoms with Gasteiger partial charge in [0.05, 0.1) is 12.5 Å². The molecule has 0 bridgehead atoms. The highest BCUT2D eigenvalue weighted by atomic mass is 16.5. The van der Waals surface area contributed by atoms with Crippen molar-refractivity contribution in [3.8, 4) is 11.5 Å².